The Morgan fingerprint density at radius 2 is 0.857 bits per heavy atom. The molecule has 0 aliphatic rings. The zero-order chi connectivity index (χ0) is 32.3. The van der Waals surface area contributed by atoms with Gasteiger partial charge in [-0.05, 0) is 82.1 Å². The van der Waals surface area contributed by atoms with Gasteiger partial charge in [-0.1, -0.05) is 115 Å². The van der Waals surface area contributed by atoms with E-state index in [1.165, 1.54) is 21.9 Å². The molecule has 0 aliphatic carbocycles. The number of fused-ring (bicyclic) bond motifs is 7. The molecule has 2 heterocycles. The van der Waals surface area contributed by atoms with Gasteiger partial charge in [0.15, 0.2) is 0 Å². The van der Waals surface area contributed by atoms with Crippen molar-refractivity contribution in [2.24, 2.45) is 0 Å². The van der Waals surface area contributed by atoms with E-state index in [1.807, 2.05) is 24.3 Å². The number of rotatable bonds is 5. The standard InChI is InChI=1S/C46H29NO2/c1-2-12-35-30(10-1)11-9-16-36(35)31-20-23-33(24-21-31)47(34-25-27-41-39-15-5-8-19-44(39)49-46(41)29-34)42-17-6-3-13-37(42)32-22-26-40-38-14-4-7-18-43(38)48-45(40)28-32/h1-29H. The average molecular weight is 628 g/mol. The van der Waals surface area contributed by atoms with Crippen molar-refractivity contribution in [3.8, 4) is 22.3 Å². The molecule has 0 saturated carbocycles. The van der Waals surface area contributed by atoms with E-state index >= 15 is 0 Å². The summed E-state index contributed by atoms with van der Waals surface area (Å²) >= 11 is 0. The highest BCUT2D eigenvalue weighted by Gasteiger charge is 2.20. The summed E-state index contributed by atoms with van der Waals surface area (Å²) in [5.74, 6) is 0. The van der Waals surface area contributed by atoms with Gasteiger partial charge in [0.25, 0.3) is 0 Å². The lowest BCUT2D eigenvalue weighted by molar-refractivity contribution is 0.668. The Morgan fingerprint density at radius 1 is 0.327 bits per heavy atom. The predicted molar refractivity (Wildman–Crippen MR) is 204 cm³/mol. The molecule has 0 amide bonds. The quantitative estimate of drug-likeness (QED) is 0.190. The van der Waals surface area contributed by atoms with E-state index in [-0.39, 0.29) is 0 Å². The predicted octanol–water partition coefficient (Wildman–Crippen LogP) is 13.4. The second kappa shape index (κ2) is 11.0. The van der Waals surface area contributed by atoms with Crippen LogP contribution in [-0.2, 0) is 0 Å². The molecule has 8 aromatic carbocycles. The van der Waals surface area contributed by atoms with Crippen LogP contribution in [0.4, 0.5) is 17.1 Å². The first-order valence-electron chi connectivity index (χ1n) is 16.6. The van der Waals surface area contributed by atoms with Gasteiger partial charge in [-0.25, -0.2) is 0 Å². The minimum absolute atomic E-state index is 0.859. The number of benzene rings is 8. The Kier molecular flexibility index (Phi) is 6.18. The zero-order valence-electron chi connectivity index (χ0n) is 26.5. The number of anilines is 3. The molecule has 0 spiro atoms. The number of para-hydroxylation sites is 3. The van der Waals surface area contributed by atoms with Gasteiger partial charge in [-0.2, -0.15) is 0 Å². The fraction of sp³-hybridized carbons (Fsp3) is 0. The molecular weight excluding hydrogens is 599 g/mol. The lowest BCUT2D eigenvalue weighted by Gasteiger charge is -2.28. The monoisotopic (exact) mass is 627 g/mol. The summed E-state index contributed by atoms with van der Waals surface area (Å²) in [4.78, 5) is 2.33. The molecule has 10 aromatic rings. The van der Waals surface area contributed by atoms with Crippen molar-refractivity contribution < 1.29 is 8.83 Å². The van der Waals surface area contributed by atoms with Crippen molar-refractivity contribution in [3.05, 3.63) is 176 Å². The third kappa shape index (κ3) is 4.51. The lowest BCUT2D eigenvalue weighted by atomic mass is 9.97. The van der Waals surface area contributed by atoms with Crippen LogP contribution in [0.5, 0.6) is 0 Å². The Morgan fingerprint density at radius 3 is 1.63 bits per heavy atom. The maximum atomic E-state index is 6.39. The molecule has 3 nitrogen and oxygen atoms in total. The largest absolute Gasteiger partial charge is 0.456 e. The molecule has 0 atom stereocenters. The molecule has 0 bridgehead atoms. The van der Waals surface area contributed by atoms with Gasteiger partial charge in [0.2, 0.25) is 0 Å². The summed E-state index contributed by atoms with van der Waals surface area (Å²) < 4.78 is 12.7. The number of nitrogens with zero attached hydrogens (tertiary/aromatic N) is 1. The molecule has 230 valence electrons. The summed E-state index contributed by atoms with van der Waals surface area (Å²) in [6.07, 6.45) is 0. The fourth-order valence-corrected chi connectivity index (χ4v) is 7.35. The van der Waals surface area contributed by atoms with Gasteiger partial charge < -0.3 is 13.7 Å². The van der Waals surface area contributed by atoms with Crippen LogP contribution in [0.3, 0.4) is 0 Å². The van der Waals surface area contributed by atoms with E-state index < -0.39 is 0 Å². The molecular formula is C46H29NO2. The molecule has 2 aromatic heterocycles. The van der Waals surface area contributed by atoms with E-state index in [2.05, 4.69) is 157 Å². The second-order valence-electron chi connectivity index (χ2n) is 12.5. The first-order valence-corrected chi connectivity index (χ1v) is 16.6. The fourth-order valence-electron chi connectivity index (χ4n) is 7.35. The van der Waals surface area contributed by atoms with Gasteiger partial charge in [-0.3, -0.25) is 0 Å². The number of hydrogen-bond acceptors (Lipinski definition) is 3. The summed E-state index contributed by atoms with van der Waals surface area (Å²) in [5.41, 5.74) is 11.2. The Labute approximate surface area is 282 Å². The Balaban J connectivity index is 1.15. The van der Waals surface area contributed by atoms with E-state index in [0.29, 0.717) is 0 Å². The van der Waals surface area contributed by atoms with Gasteiger partial charge >= 0.3 is 0 Å². The number of hydrogen-bond donors (Lipinski definition) is 0. The van der Waals surface area contributed by atoms with Crippen LogP contribution in [0.25, 0.3) is 76.9 Å². The normalized spacial score (nSPS) is 11.7. The SMILES string of the molecule is c1ccc(N(c2ccc(-c3cccc4ccccc34)cc2)c2ccc3c(c2)oc2ccccc23)c(-c2ccc3c(c2)oc2ccccc23)c1. The summed E-state index contributed by atoms with van der Waals surface area (Å²) in [6, 6.07) is 62.1. The van der Waals surface area contributed by atoms with Crippen LogP contribution in [0, 0.1) is 0 Å². The van der Waals surface area contributed by atoms with E-state index in [9.17, 15) is 0 Å². The molecule has 0 fully saturated rings. The van der Waals surface area contributed by atoms with Crippen molar-refractivity contribution in [1.29, 1.82) is 0 Å². The molecule has 0 unspecified atom stereocenters. The van der Waals surface area contributed by atoms with E-state index in [0.717, 1.165) is 72.1 Å². The first kappa shape index (κ1) is 27.5. The third-order valence-corrected chi connectivity index (χ3v) is 9.68. The molecule has 0 N–H and O–H groups in total. The van der Waals surface area contributed by atoms with Crippen molar-refractivity contribution in [2.45, 2.75) is 0 Å². The van der Waals surface area contributed by atoms with E-state index in [4.69, 9.17) is 8.83 Å². The Hall–Kier alpha value is -6.58. The summed E-state index contributed by atoms with van der Waals surface area (Å²) in [7, 11) is 0. The molecule has 10 rings (SSSR count). The second-order valence-corrected chi connectivity index (χ2v) is 12.5. The highest BCUT2D eigenvalue weighted by Crippen LogP contribution is 2.44. The molecule has 3 heteroatoms. The van der Waals surface area contributed by atoms with Crippen LogP contribution in [0.15, 0.2) is 185 Å². The highest BCUT2D eigenvalue weighted by atomic mass is 16.3. The zero-order valence-corrected chi connectivity index (χ0v) is 26.5. The van der Waals surface area contributed by atoms with Crippen LogP contribution in [-0.4, -0.2) is 0 Å². The van der Waals surface area contributed by atoms with Crippen LogP contribution >= 0.6 is 0 Å². The lowest BCUT2D eigenvalue weighted by Crippen LogP contribution is -2.11. The summed E-state index contributed by atoms with van der Waals surface area (Å²) in [5, 5.41) is 6.96. The van der Waals surface area contributed by atoms with Crippen LogP contribution in [0.1, 0.15) is 0 Å². The maximum absolute atomic E-state index is 6.39. The summed E-state index contributed by atoms with van der Waals surface area (Å²) in [6.45, 7) is 0. The smallest absolute Gasteiger partial charge is 0.137 e. The van der Waals surface area contributed by atoms with Crippen molar-refractivity contribution in [3.63, 3.8) is 0 Å². The van der Waals surface area contributed by atoms with Crippen molar-refractivity contribution in [1.82, 2.24) is 0 Å². The third-order valence-electron chi connectivity index (χ3n) is 9.68. The van der Waals surface area contributed by atoms with Crippen LogP contribution < -0.4 is 4.90 Å². The van der Waals surface area contributed by atoms with Crippen LogP contribution in [0.2, 0.25) is 0 Å². The molecule has 49 heavy (non-hydrogen) atoms. The topological polar surface area (TPSA) is 29.5 Å². The maximum Gasteiger partial charge on any atom is 0.137 e. The van der Waals surface area contributed by atoms with Gasteiger partial charge in [0.1, 0.15) is 22.3 Å². The van der Waals surface area contributed by atoms with Crippen molar-refractivity contribution >= 4 is 71.7 Å². The highest BCUT2D eigenvalue weighted by molar-refractivity contribution is 6.08. The minimum atomic E-state index is 0.859. The Bertz CT molecular complexity index is 2830. The van der Waals surface area contributed by atoms with Gasteiger partial charge in [-0.15, -0.1) is 0 Å². The minimum Gasteiger partial charge on any atom is -0.456 e. The van der Waals surface area contributed by atoms with E-state index in [1.54, 1.807) is 0 Å². The average Bonchev–Trinajstić information content (AvgIpc) is 3.73. The van der Waals surface area contributed by atoms with Crippen molar-refractivity contribution in [2.75, 3.05) is 4.90 Å². The van der Waals surface area contributed by atoms with Gasteiger partial charge in [0.05, 0.1) is 5.69 Å². The number of furan rings is 2. The molecule has 0 saturated heterocycles. The first-order chi connectivity index (χ1) is 24.3. The van der Waals surface area contributed by atoms with Gasteiger partial charge in [0, 0.05) is 44.5 Å². The molecule has 0 radical (unpaired) electrons. The molecule has 0 aliphatic heterocycles.